The minimum absolute atomic E-state index is 0.00187. The summed E-state index contributed by atoms with van der Waals surface area (Å²) in [5, 5.41) is 13.1. The maximum atomic E-state index is 9.52. The van der Waals surface area contributed by atoms with Crippen molar-refractivity contribution in [3.63, 3.8) is 0 Å². The molecule has 1 aliphatic heterocycles. The van der Waals surface area contributed by atoms with E-state index in [9.17, 15) is 5.11 Å². The fourth-order valence-corrected chi connectivity index (χ4v) is 2.48. The van der Waals surface area contributed by atoms with Crippen molar-refractivity contribution in [3.05, 3.63) is 23.8 Å². The molecule has 2 atom stereocenters. The summed E-state index contributed by atoms with van der Waals surface area (Å²) in [6, 6.07) is 6.12. The molecule has 0 spiro atoms. The quantitative estimate of drug-likeness (QED) is 0.806. The van der Waals surface area contributed by atoms with Crippen LogP contribution in [0.15, 0.2) is 18.2 Å². The number of ether oxygens (including phenoxy) is 1. The highest BCUT2D eigenvalue weighted by Crippen LogP contribution is 2.30. The number of nitrogens with one attached hydrogen (secondary N) is 1. The molecule has 2 unspecified atom stereocenters. The number of aryl methyl sites for hydroxylation is 1. The lowest BCUT2D eigenvalue weighted by Gasteiger charge is -2.38. The van der Waals surface area contributed by atoms with Crippen molar-refractivity contribution in [2.24, 2.45) is 0 Å². The minimum Gasteiger partial charge on any atom is -0.508 e. The van der Waals surface area contributed by atoms with Crippen LogP contribution in [0, 0.1) is 6.92 Å². The molecule has 1 heterocycles. The second kappa shape index (κ2) is 5.19. The van der Waals surface area contributed by atoms with Gasteiger partial charge < -0.3 is 15.2 Å². The number of rotatable bonds is 3. The first-order chi connectivity index (χ1) is 8.52. The van der Waals surface area contributed by atoms with Crippen LogP contribution in [-0.2, 0) is 4.74 Å². The topological polar surface area (TPSA) is 41.5 Å². The van der Waals surface area contributed by atoms with Gasteiger partial charge in [0.2, 0.25) is 0 Å². The number of anilines is 1. The zero-order valence-corrected chi connectivity index (χ0v) is 11.5. The molecular weight excluding hydrogens is 226 g/mol. The van der Waals surface area contributed by atoms with Gasteiger partial charge in [-0.2, -0.15) is 0 Å². The zero-order valence-electron chi connectivity index (χ0n) is 11.5. The standard InChI is InChI=1S/C15H23NO2/c1-4-15(3)10-13(7-8-18-15)16-12-5-6-14(17)11(2)9-12/h5-6,9,13,16-17H,4,7-8,10H2,1-3H3. The number of hydrogen-bond donors (Lipinski definition) is 2. The Morgan fingerprint density at radius 1 is 1.50 bits per heavy atom. The van der Waals surface area contributed by atoms with Gasteiger partial charge >= 0.3 is 0 Å². The van der Waals surface area contributed by atoms with Crippen molar-refractivity contribution >= 4 is 5.69 Å². The fraction of sp³-hybridized carbons (Fsp3) is 0.600. The van der Waals surface area contributed by atoms with Gasteiger partial charge in [0.15, 0.2) is 0 Å². The molecule has 1 aromatic carbocycles. The van der Waals surface area contributed by atoms with E-state index in [1.54, 1.807) is 6.07 Å². The van der Waals surface area contributed by atoms with Crippen LogP contribution < -0.4 is 5.32 Å². The molecule has 1 aromatic rings. The maximum Gasteiger partial charge on any atom is 0.118 e. The second-order valence-corrected chi connectivity index (χ2v) is 5.49. The average molecular weight is 249 g/mol. The lowest BCUT2D eigenvalue weighted by molar-refractivity contribution is -0.0708. The molecule has 0 aliphatic carbocycles. The summed E-state index contributed by atoms with van der Waals surface area (Å²) in [4.78, 5) is 0. The first-order valence-electron chi connectivity index (χ1n) is 6.72. The molecular formula is C15H23NO2. The molecule has 1 saturated heterocycles. The van der Waals surface area contributed by atoms with E-state index in [0.29, 0.717) is 11.8 Å². The molecule has 1 aliphatic rings. The smallest absolute Gasteiger partial charge is 0.118 e. The van der Waals surface area contributed by atoms with Gasteiger partial charge in [-0.1, -0.05) is 6.92 Å². The third kappa shape index (κ3) is 2.96. The number of phenols is 1. The molecule has 100 valence electrons. The highest BCUT2D eigenvalue weighted by atomic mass is 16.5. The molecule has 2 N–H and O–H groups in total. The molecule has 0 amide bonds. The lowest BCUT2D eigenvalue weighted by atomic mass is 9.90. The van der Waals surface area contributed by atoms with Crippen LogP contribution in [0.2, 0.25) is 0 Å². The third-order valence-electron chi connectivity index (χ3n) is 3.91. The lowest BCUT2D eigenvalue weighted by Crippen LogP contribution is -2.41. The monoisotopic (exact) mass is 249 g/mol. The van der Waals surface area contributed by atoms with E-state index in [0.717, 1.165) is 37.1 Å². The molecule has 0 bridgehead atoms. The molecule has 1 fully saturated rings. The van der Waals surface area contributed by atoms with Crippen molar-refractivity contribution in [1.29, 1.82) is 0 Å². The first-order valence-corrected chi connectivity index (χ1v) is 6.72. The molecule has 18 heavy (non-hydrogen) atoms. The maximum absolute atomic E-state index is 9.52. The number of hydrogen-bond acceptors (Lipinski definition) is 3. The molecule has 3 nitrogen and oxygen atoms in total. The Kier molecular flexibility index (Phi) is 3.81. The van der Waals surface area contributed by atoms with E-state index in [2.05, 4.69) is 19.2 Å². The Bertz CT molecular complexity index is 419. The van der Waals surface area contributed by atoms with Crippen molar-refractivity contribution in [2.75, 3.05) is 11.9 Å². The zero-order chi connectivity index (χ0) is 13.2. The van der Waals surface area contributed by atoms with E-state index in [-0.39, 0.29) is 5.60 Å². The van der Waals surface area contributed by atoms with E-state index in [1.165, 1.54) is 0 Å². The number of benzene rings is 1. The van der Waals surface area contributed by atoms with E-state index in [4.69, 9.17) is 4.74 Å². The highest BCUT2D eigenvalue weighted by molar-refractivity contribution is 5.50. The van der Waals surface area contributed by atoms with Crippen LogP contribution in [0.1, 0.15) is 38.7 Å². The van der Waals surface area contributed by atoms with Gasteiger partial charge in [-0.25, -0.2) is 0 Å². The van der Waals surface area contributed by atoms with Crippen molar-refractivity contribution in [1.82, 2.24) is 0 Å². The summed E-state index contributed by atoms with van der Waals surface area (Å²) in [6.07, 6.45) is 3.11. The van der Waals surface area contributed by atoms with E-state index >= 15 is 0 Å². The van der Waals surface area contributed by atoms with E-state index in [1.807, 2.05) is 19.1 Å². The van der Waals surface area contributed by atoms with Crippen LogP contribution in [0.4, 0.5) is 5.69 Å². The summed E-state index contributed by atoms with van der Waals surface area (Å²) in [5.74, 6) is 0.353. The predicted molar refractivity (Wildman–Crippen MR) is 74.1 cm³/mol. The SMILES string of the molecule is CCC1(C)CC(Nc2ccc(O)c(C)c2)CCO1. The van der Waals surface area contributed by atoms with Crippen LogP contribution >= 0.6 is 0 Å². The van der Waals surface area contributed by atoms with Gasteiger partial charge in [0, 0.05) is 18.3 Å². The van der Waals surface area contributed by atoms with Crippen molar-refractivity contribution < 1.29 is 9.84 Å². The average Bonchev–Trinajstić information content (AvgIpc) is 2.34. The summed E-state index contributed by atoms with van der Waals surface area (Å²) in [5.41, 5.74) is 1.99. The van der Waals surface area contributed by atoms with Crippen LogP contribution in [0.25, 0.3) is 0 Å². The van der Waals surface area contributed by atoms with Crippen molar-refractivity contribution in [2.45, 2.75) is 51.7 Å². The Morgan fingerprint density at radius 2 is 2.28 bits per heavy atom. The van der Waals surface area contributed by atoms with Gasteiger partial charge in [-0.05, 0) is 56.9 Å². The van der Waals surface area contributed by atoms with Crippen LogP contribution in [0.5, 0.6) is 5.75 Å². The third-order valence-corrected chi connectivity index (χ3v) is 3.91. The number of aromatic hydroxyl groups is 1. The van der Waals surface area contributed by atoms with Gasteiger partial charge in [-0.15, -0.1) is 0 Å². The van der Waals surface area contributed by atoms with Gasteiger partial charge in [0.25, 0.3) is 0 Å². The second-order valence-electron chi connectivity index (χ2n) is 5.49. The Balaban J connectivity index is 2.02. The van der Waals surface area contributed by atoms with Crippen LogP contribution in [0.3, 0.4) is 0 Å². The van der Waals surface area contributed by atoms with Crippen LogP contribution in [-0.4, -0.2) is 23.4 Å². The molecule has 3 heteroatoms. The Morgan fingerprint density at radius 3 is 2.94 bits per heavy atom. The predicted octanol–water partition coefficient (Wildman–Crippen LogP) is 3.46. The minimum atomic E-state index is 0.00187. The molecule has 0 saturated carbocycles. The molecule has 0 radical (unpaired) electrons. The summed E-state index contributed by atoms with van der Waals surface area (Å²) >= 11 is 0. The molecule has 0 aromatic heterocycles. The normalized spacial score (nSPS) is 28.1. The summed E-state index contributed by atoms with van der Waals surface area (Å²) < 4.78 is 5.85. The highest BCUT2D eigenvalue weighted by Gasteiger charge is 2.31. The Hall–Kier alpha value is -1.22. The summed E-state index contributed by atoms with van der Waals surface area (Å²) in [7, 11) is 0. The number of phenolic OH excluding ortho intramolecular Hbond substituents is 1. The summed E-state index contributed by atoms with van der Waals surface area (Å²) in [6.45, 7) is 7.09. The van der Waals surface area contributed by atoms with Gasteiger partial charge in [-0.3, -0.25) is 0 Å². The molecule has 2 rings (SSSR count). The van der Waals surface area contributed by atoms with Gasteiger partial charge in [0.05, 0.1) is 5.60 Å². The van der Waals surface area contributed by atoms with Gasteiger partial charge in [0.1, 0.15) is 5.75 Å². The fourth-order valence-electron chi connectivity index (χ4n) is 2.48. The first kappa shape index (κ1) is 13.2. The largest absolute Gasteiger partial charge is 0.508 e. The van der Waals surface area contributed by atoms with Crippen molar-refractivity contribution in [3.8, 4) is 5.75 Å². The Labute approximate surface area is 109 Å². The van der Waals surface area contributed by atoms with E-state index < -0.39 is 0 Å².